The summed E-state index contributed by atoms with van der Waals surface area (Å²) in [6, 6.07) is 7.06. The molecule has 0 amide bonds. The Morgan fingerprint density at radius 3 is 2.24 bits per heavy atom. The summed E-state index contributed by atoms with van der Waals surface area (Å²) in [7, 11) is -2.90. The Labute approximate surface area is 137 Å². The molecule has 0 saturated heterocycles. The van der Waals surface area contributed by atoms with E-state index in [1.165, 1.54) is 0 Å². The molecule has 1 aromatic carbocycles. The van der Waals surface area contributed by atoms with Gasteiger partial charge in [-0.1, -0.05) is 43.9 Å². The molecule has 0 aromatic heterocycles. The maximum absolute atomic E-state index is 13.9. The monoisotopic (exact) mass is 426 g/mol. The van der Waals surface area contributed by atoms with Gasteiger partial charge in [-0.15, -0.1) is 0 Å². The lowest BCUT2D eigenvalue weighted by Gasteiger charge is -2.38. The average molecular weight is 426 g/mol. The van der Waals surface area contributed by atoms with Crippen molar-refractivity contribution in [2.75, 3.05) is 0 Å². The third kappa shape index (κ3) is 2.64. The Bertz CT molecular complexity index is 559. The number of halogens is 4. The first-order valence-electron chi connectivity index (χ1n) is 7.34. The average Bonchev–Trinajstić information content (AvgIpc) is 2.63. The lowest BCUT2D eigenvalue weighted by Crippen LogP contribution is -2.19. The van der Waals surface area contributed by atoms with Gasteiger partial charge in [-0.2, -0.15) is 13.2 Å². The first-order valence-corrected chi connectivity index (χ1v) is 11.5. The van der Waals surface area contributed by atoms with Gasteiger partial charge in [0.15, 0.2) is 0 Å². The molecular weight excluding hydrogens is 408 g/mol. The second-order valence-corrected chi connectivity index (χ2v) is 12.2. The zero-order valence-corrected chi connectivity index (χ0v) is 14.6. The van der Waals surface area contributed by atoms with Crippen molar-refractivity contribution in [1.29, 1.82) is 0 Å². The molecule has 0 radical (unpaired) electrons. The molecule has 2 aliphatic rings. The van der Waals surface area contributed by atoms with Crippen LogP contribution in [-0.4, -0.2) is 5.51 Å². The molecular formula is C16H18F3IS. The van der Waals surface area contributed by atoms with Crippen molar-refractivity contribution >= 4 is 34.5 Å². The van der Waals surface area contributed by atoms with Gasteiger partial charge in [-0.05, 0) is 69.8 Å². The Morgan fingerprint density at radius 2 is 1.62 bits per heavy atom. The number of fused-ring (bicyclic) bond motifs is 1. The molecule has 1 aromatic rings. The van der Waals surface area contributed by atoms with Crippen LogP contribution in [0.3, 0.4) is 0 Å². The zero-order valence-electron chi connectivity index (χ0n) is 11.6. The number of allylic oxidation sites excluding steroid dienone is 1. The van der Waals surface area contributed by atoms with Gasteiger partial charge in [0.2, 0.25) is 0 Å². The van der Waals surface area contributed by atoms with Crippen molar-refractivity contribution in [2.24, 2.45) is 5.92 Å². The Hall–Kier alpha value is -0.170. The predicted molar refractivity (Wildman–Crippen MR) is 91.5 cm³/mol. The van der Waals surface area contributed by atoms with Crippen molar-refractivity contribution < 1.29 is 13.2 Å². The van der Waals surface area contributed by atoms with Gasteiger partial charge < -0.3 is 0 Å². The van der Waals surface area contributed by atoms with Gasteiger partial charge in [0.1, 0.15) is 0 Å². The highest BCUT2D eigenvalue weighted by atomic mass is 127. The van der Waals surface area contributed by atoms with Crippen LogP contribution in [0.5, 0.6) is 0 Å². The highest BCUT2D eigenvalue weighted by Gasteiger charge is 2.56. The molecule has 21 heavy (non-hydrogen) atoms. The van der Waals surface area contributed by atoms with E-state index in [0.29, 0.717) is 9.80 Å². The molecule has 1 unspecified atom stereocenters. The van der Waals surface area contributed by atoms with E-state index in [2.05, 4.69) is 0 Å². The van der Waals surface area contributed by atoms with E-state index in [9.17, 15) is 13.2 Å². The second kappa shape index (κ2) is 5.80. The molecule has 1 saturated carbocycles. The molecule has 116 valence electrons. The standard InChI is InChI=1S/C16H18F3IS/c17-16(18,19)21(20)14-10-6-5-9-13(14)11-15(21)12-7-3-1-2-4-8-12/h5-6,9-12H,1-4,7-8H2. The first kappa shape index (κ1) is 15.7. The van der Waals surface area contributed by atoms with Gasteiger partial charge in [0, 0.05) is 4.90 Å². The number of rotatable bonds is 1. The van der Waals surface area contributed by atoms with Gasteiger partial charge in [0.05, 0.1) is 0 Å². The Balaban J connectivity index is 2.07. The van der Waals surface area contributed by atoms with E-state index in [1.54, 1.807) is 33.3 Å². The summed E-state index contributed by atoms with van der Waals surface area (Å²) in [5.41, 5.74) is -3.39. The van der Waals surface area contributed by atoms with E-state index in [1.807, 2.05) is 18.2 Å². The van der Waals surface area contributed by atoms with Crippen LogP contribution < -0.4 is 0 Å². The number of benzene rings is 1. The topological polar surface area (TPSA) is 0 Å². The highest BCUT2D eigenvalue weighted by molar-refractivity contribution is 14.2. The molecule has 0 N–H and O–H groups in total. The molecule has 1 heterocycles. The van der Waals surface area contributed by atoms with Crippen LogP contribution in [0.25, 0.3) is 6.08 Å². The lowest BCUT2D eigenvalue weighted by molar-refractivity contribution is -0.0354. The Kier molecular flexibility index (Phi) is 4.34. The maximum Gasteiger partial charge on any atom is 0.441 e. The van der Waals surface area contributed by atoms with E-state index in [-0.39, 0.29) is 5.92 Å². The summed E-state index contributed by atoms with van der Waals surface area (Å²) in [4.78, 5) is 1.16. The van der Waals surface area contributed by atoms with Gasteiger partial charge in [0.25, 0.3) is 0 Å². The van der Waals surface area contributed by atoms with Crippen molar-refractivity contribution in [3.63, 3.8) is 0 Å². The summed E-state index contributed by atoms with van der Waals surface area (Å²) < 4.78 is 41.8. The van der Waals surface area contributed by atoms with Crippen LogP contribution in [-0.2, 0) is 0 Å². The minimum absolute atomic E-state index is 0.105. The van der Waals surface area contributed by atoms with Gasteiger partial charge in [-0.25, -0.2) is 0 Å². The highest BCUT2D eigenvalue weighted by Crippen LogP contribution is 2.83. The van der Waals surface area contributed by atoms with Crippen molar-refractivity contribution in [3.8, 4) is 0 Å². The third-order valence-corrected chi connectivity index (χ3v) is 11.6. The molecule has 3 rings (SSSR count). The first-order chi connectivity index (χ1) is 9.94. The van der Waals surface area contributed by atoms with Crippen molar-refractivity contribution in [2.45, 2.75) is 48.9 Å². The maximum atomic E-state index is 13.9. The van der Waals surface area contributed by atoms with E-state index in [4.69, 9.17) is 0 Å². The number of alkyl halides is 3. The van der Waals surface area contributed by atoms with E-state index < -0.39 is 12.7 Å². The third-order valence-electron chi connectivity index (χ3n) is 4.42. The molecule has 1 aliphatic carbocycles. The lowest BCUT2D eigenvalue weighted by atomic mass is 9.99. The molecule has 1 fully saturated rings. The van der Waals surface area contributed by atoms with Crippen LogP contribution in [0.2, 0.25) is 0 Å². The summed E-state index contributed by atoms with van der Waals surface area (Å²) in [6.45, 7) is 0. The minimum Gasteiger partial charge on any atom is -0.160 e. The molecule has 1 atom stereocenters. The fourth-order valence-electron chi connectivity index (χ4n) is 3.39. The van der Waals surface area contributed by atoms with E-state index >= 15 is 0 Å². The number of hydrogen-bond acceptors (Lipinski definition) is 0. The van der Waals surface area contributed by atoms with Crippen LogP contribution >= 0.6 is 28.4 Å². The largest absolute Gasteiger partial charge is 0.441 e. The molecule has 0 nitrogen and oxygen atoms in total. The summed E-state index contributed by atoms with van der Waals surface area (Å²) in [5.74, 6) is 0.105. The molecule has 1 aliphatic heterocycles. The normalized spacial score (nSPS) is 30.2. The quantitative estimate of drug-likeness (QED) is 0.334. The van der Waals surface area contributed by atoms with Crippen molar-refractivity contribution in [3.05, 3.63) is 34.7 Å². The van der Waals surface area contributed by atoms with Crippen LogP contribution in [0.4, 0.5) is 13.2 Å². The fourth-order valence-corrected chi connectivity index (χ4v) is 8.52. The minimum atomic E-state index is -4.17. The second-order valence-electron chi connectivity index (χ2n) is 5.76. The summed E-state index contributed by atoms with van der Waals surface area (Å²) >= 11 is 1.73. The van der Waals surface area contributed by atoms with Crippen LogP contribution in [0, 0.1) is 5.92 Å². The van der Waals surface area contributed by atoms with Crippen molar-refractivity contribution in [1.82, 2.24) is 0 Å². The number of hydrogen-bond donors (Lipinski definition) is 0. The van der Waals surface area contributed by atoms with Crippen LogP contribution in [0.1, 0.15) is 44.1 Å². The fraction of sp³-hybridized carbons (Fsp3) is 0.500. The smallest absolute Gasteiger partial charge is 0.160 e. The SMILES string of the molecule is FC(F)(F)S1(I)C(C2CCCCCC2)=Cc2ccccc21. The molecule has 0 spiro atoms. The van der Waals surface area contributed by atoms with Crippen LogP contribution in [0.15, 0.2) is 34.1 Å². The van der Waals surface area contributed by atoms with Gasteiger partial charge >= 0.3 is 5.51 Å². The Morgan fingerprint density at radius 1 is 1.00 bits per heavy atom. The van der Waals surface area contributed by atoms with Gasteiger partial charge in [-0.3, -0.25) is 0 Å². The molecule has 5 heteroatoms. The van der Waals surface area contributed by atoms with E-state index in [0.717, 1.165) is 44.1 Å². The predicted octanol–water partition coefficient (Wildman–Crippen LogP) is 7.04. The zero-order chi connectivity index (χ0) is 15.1. The summed E-state index contributed by atoms with van der Waals surface area (Å²) in [5, 5.41) is 0. The summed E-state index contributed by atoms with van der Waals surface area (Å²) in [6.07, 6.45) is 8.10. The molecule has 0 bridgehead atoms.